The number of halogens is 2. The molecule has 5 heterocycles. The zero-order valence-electron chi connectivity index (χ0n) is 29.3. The number of rotatable bonds is 6. The van der Waals surface area contributed by atoms with Crippen molar-refractivity contribution >= 4 is 46.0 Å². The van der Waals surface area contributed by atoms with Crippen molar-refractivity contribution in [3.8, 4) is 22.7 Å². The normalized spacial score (nSPS) is 17.5. The number of pyridine rings is 3. The number of benzene rings is 1. The van der Waals surface area contributed by atoms with Gasteiger partial charge >= 0.3 is 6.09 Å². The first-order valence-electron chi connectivity index (χ1n) is 16.4. The van der Waals surface area contributed by atoms with Crippen LogP contribution >= 0.6 is 11.6 Å². The lowest BCUT2D eigenvalue weighted by Crippen LogP contribution is -2.65. The van der Waals surface area contributed by atoms with Gasteiger partial charge in [0.15, 0.2) is 12.4 Å². The number of fused-ring (bicyclic) bond motifs is 5. The lowest BCUT2D eigenvalue weighted by atomic mass is 9.99. The van der Waals surface area contributed by atoms with Gasteiger partial charge < -0.3 is 29.3 Å². The van der Waals surface area contributed by atoms with Gasteiger partial charge in [-0.1, -0.05) is 31.5 Å². The van der Waals surface area contributed by atoms with Gasteiger partial charge in [-0.15, -0.1) is 0 Å². The molecule has 2 aliphatic heterocycles. The summed E-state index contributed by atoms with van der Waals surface area (Å²) in [4.78, 5) is 54.7. The maximum Gasteiger partial charge on any atom is 0.410 e. The van der Waals surface area contributed by atoms with E-state index in [1.54, 1.807) is 45.2 Å². The van der Waals surface area contributed by atoms with Crippen LogP contribution in [0.15, 0.2) is 41.3 Å². The van der Waals surface area contributed by atoms with E-state index < -0.39 is 41.1 Å². The van der Waals surface area contributed by atoms with E-state index in [1.165, 1.54) is 28.7 Å². The summed E-state index contributed by atoms with van der Waals surface area (Å²) in [6, 6.07) is 6.51. The van der Waals surface area contributed by atoms with E-state index in [0.717, 1.165) is 5.56 Å². The first kappa shape index (κ1) is 35.1. The zero-order chi connectivity index (χ0) is 36.2. The summed E-state index contributed by atoms with van der Waals surface area (Å²) in [5.41, 5.74) is 1.22. The lowest BCUT2D eigenvalue weighted by molar-refractivity contribution is -0.118. The van der Waals surface area contributed by atoms with Crippen molar-refractivity contribution in [3.63, 3.8) is 0 Å². The number of nitrogens with zero attached hydrogens (tertiary/aromatic N) is 5. The number of aromatic nitrogens is 3. The average Bonchev–Trinajstić information content (AvgIpc) is 3.03. The maximum absolute atomic E-state index is 15.7. The fourth-order valence-corrected chi connectivity index (χ4v) is 6.80. The molecule has 12 nitrogen and oxygen atoms in total. The predicted octanol–water partition coefficient (Wildman–Crippen LogP) is 6.42. The van der Waals surface area contributed by atoms with E-state index in [-0.39, 0.29) is 59.2 Å². The number of aryl methyl sites for hydroxylation is 1. The second kappa shape index (κ2) is 13.2. The smallest absolute Gasteiger partial charge is 0.410 e. The van der Waals surface area contributed by atoms with Crippen molar-refractivity contribution in [2.75, 3.05) is 37.2 Å². The van der Waals surface area contributed by atoms with E-state index >= 15 is 4.39 Å². The van der Waals surface area contributed by atoms with Crippen LogP contribution < -0.4 is 20.5 Å². The number of ether oxygens (including phenoxy) is 3. The van der Waals surface area contributed by atoms with Crippen LogP contribution in [0.3, 0.4) is 0 Å². The van der Waals surface area contributed by atoms with E-state index in [2.05, 4.69) is 10.3 Å². The summed E-state index contributed by atoms with van der Waals surface area (Å²) >= 11 is 6.98. The molecule has 14 heteroatoms. The number of methoxy groups -OCH3 is 1. The summed E-state index contributed by atoms with van der Waals surface area (Å²) in [6.45, 7) is 13.0. The monoisotopic (exact) mass is 706 g/mol. The molecule has 2 aliphatic rings. The number of amides is 2. The van der Waals surface area contributed by atoms with E-state index in [4.69, 9.17) is 30.8 Å². The third-order valence-corrected chi connectivity index (χ3v) is 9.04. The standard InChI is InChI=1S/C36H40ClFN6O6/c1-18(2)27-30(19(3)12-13-39-27)44-32-21(14-22(37)28(40-32)26-23(38)10-9-11-25(26)49-17-48-8)31-29(34(44)46)41-33(45)24-16-42(20(4)15-43(24)31)35(47)50-36(5,6)7/h9-14,18,20,24H,15-17H2,1-8H3,(H,41,45)/t20-,24-/m1/s1. The van der Waals surface area contributed by atoms with Crippen molar-refractivity contribution in [2.24, 2.45) is 0 Å². The quantitative estimate of drug-likeness (QED) is 0.226. The molecule has 0 spiro atoms. The van der Waals surface area contributed by atoms with Crippen LogP contribution in [0.2, 0.25) is 5.02 Å². The molecule has 50 heavy (non-hydrogen) atoms. The van der Waals surface area contributed by atoms with Gasteiger partial charge in [0.05, 0.1) is 39.9 Å². The van der Waals surface area contributed by atoms with Gasteiger partial charge in [-0.3, -0.25) is 19.1 Å². The van der Waals surface area contributed by atoms with Gasteiger partial charge in [-0.25, -0.2) is 14.2 Å². The highest BCUT2D eigenvalue weighted by Gasteiger charge is 2.45. The summed E-state index contributed by atoms with van der Waals surface area (Å²) in [5.74, 6) is -1.04. The van der Waals surface area contributed by atoms with Crippen molar-refractivity contribution in [1.29, 1.82) is 0 Å². The Morgan fingerprint density at radius 1 is 1.16 bits per heavy atom. The van der Waals surface area contributed by atoms with Crippen molar-refractivity contribution in [1.82, 2.24) is 19.4 Å². The molecule has 0 radical (unpaired) electrons. The Bertz CT molecular complexity index is 2080. The van der Waals surface area contributed by atoms with Crippen molar-refractivity contribution in [3.05, 3.63) is 69.0 Å². The Labute approximate surface area is 294 Å². The highest BCUT2D eigenvalue weighted by molar-refractivity contribution is 6.34. The Morgan fingerprint density at radius 3 is 2.58 bits per heavy atom. The van der Waals surface area contributed by atoms with Crippen molar-refractivity contribution < 1.29 is 28.2 Å². The zero-order valence-corrected chi connectivity index (χ0v) is 30.0. The Morgan fingerprint density at radius 2 is 1.90 bits per heavy atom. The summed E-state index contributed by atoms with van der Waals surface area (Å²) in [7, 11) is 1.45. The first-order valence-corrected chi connectivity index (χ1v) is 16.7. The third kappa shape index (κ3) is 6.13. The number of carbonyl (C=O) groups is 2. The van der Waals surface area contributed by atoms with E-state index in [1.807, 2.05) is 32.6 Å². The number of nitrogens with one attached hydrogen (secondary N) is 1. The first-order chi connectivity index (χ1) is 23.6. The van der Waals surface area contributed by atoms with Crippen LogP contribution in [0.1, 0.15) is 58.7 Å². The number of hydrogen-bond acceptors (Lipinski definition) is 9. The average molecular weight is 707 g/mol. The van der Waals surface area contributed by atoms with Gasteiger partial charge in [0.2, 0.25) is 5.91 Å². The lowest BCUT2D eigenvalue weighted by Gasteiger charge is -2.48. The third-order valence-electron chi connectivity index (χ3n) is 8.75. The number of carbonyl (C=O) groups excluding carboxylic acids is 2. The molecule has 2 amide bonds. The molecule has 0 saturated carbocycles. The van der Waals surface area contributed by atoms with Gasteiger partial charge in [0.1, 0.15) is 28.9 Å². The minimum absolute atomic E-state index is 0.00839. The second-order valence-corrected chi connectivity index (χ2v) is 14.3. The predicted molar refractivity (Wildman–Crippen MR) is 189 cm³/mol. The SMILES string of the molecule is COCOc1cccc(F)c1-c1nc2c(cc1Cl)c1c(c(=O)n2-c2c(C)ccnc2C(C)C)NC(=O)[C@H]2CN(C(=O)OC(C)(C)C)[C@H](C)CN12. The Balaban J connectivity index is 1.65. The van der Waals surface area contributed by atoms with Crippen LogP contribution in [-0.4, -0.2) is 76.1 Å². The number of piperazine rings is 1. The molecule has 1 N–H and O–H groups in total. The minimum Gasteiger partial charge on any atom is -0.467 e. The van der Waals surface area contributed by atoms with Crippen LogP contribution in [-0.2, 0) is 14.3 Å². The molecule has 264 valence electrons. The summed E-state index contributed by atoms with van der Waals surface area (Å²) in [6.07, 6.45) is 1.13. The fourth-order valence-electron chi connectivity index (χ4n) is 6.55. The van der Waals surface area contributed by atoms with E-state index in [9.17, 15) is 14.4 Å². The molecule has 0 aliphatic carbocycles. The highest BCUT2D eigenvalue weighted by atomic mass is 35.5. The highest BCUT2D eigenvalue weighted by Crippen LogP contribution is 2.44. The summed E-state index contributed by atoms with van der Waals surface area (Å²) < 4.78 is 33.5. The molecule has 1 saturated heterocycles. The molecule has 2 atom stereocenters. The number of hydrogen-bond donors (Lipinski definition) is 1. The van der Waals surface area contributed by atoms with Crippen LogP contribution in [0.4, 0.5) is 20.6 Å². The van der Waals surface area contributed by atoms with E-state index in [0.29, 0.717) is 22.5 Å². The Hall–Kier alpha value is -4.75. The van der Waals surface area contributed by atoms with Gasteiger partial charge in [-0.05, 0) is 70.4 Å². The van der Waals surface area contributed by atoms with Crippen molar-refractivity contribution in [2.45, 2.75) is 72.1 Å². The molecule has 3 aromatic heterocycles. The van der Waals surface area contributed by atoms with Gasteiger partial charge in [-0.2, -0.15) is 0 Å². The topological polar surface area (TPSA) is 128 Å². The second-order valence-electron chi connectivity index (χ2n) is 13.9. The van der Waals surface area contributed by atoms with Crippen LogP contribution in [0.5, 0.6) is 5.75 Å². The molecule has 4 aromatic rings. The Kier molecular flexibility index (Phi) is 9.25. The summed E-state index contributed by atoms with van der Waals surface area (Å²) in [5, 5.41) is 3.37. The van der Waals surface area contributed by atoms with Gasteiger partial charge in [0, 0.05) is 31.3 Å². The van der Waals surface area contributed by atoms with Crippen LogP contribution in [0.25, 0.3) is 28.0 Å². The molecule has 0 bridgehead atoms. The van der Waals surface area contributed by atoms with Gasteiger partial charge in [0.25, 0.3) is 5.56 Å². The minimum atomic E-state index is -0.852. The fraction of sp³-hybridized carbons (Fsp3) is 0.417. The molecular formula is C36H40ClFN6O6. The molecule has 0 unspecified atom stereocenters. The molecule has 1 aromatic carbocycles. The largest absolute Gasteiger partial charge is 0.467 e. The van der Waals surface area contributed by atoms with Crippen LogP contribution in [0, 0.1) is 12.7 Å². The number of anilines is 2. The molecular weight excluding hydrogens is 667 g/mol. The maximum atomic E-state index is 15.7. The molecule has 6 rings (SSSR count). The molecule has 1 fully saturated rings.